The zero-order valence-electron chi connectivity index (χ0n) is 14.8. The molecule has 7 heteroatoms. The maximum atomic E-state index is 12.0. The van der Waals surface area contributed by atoms with Gasteiger partial charge in [-0.25, -0.2) is 4.79 Å². The van der Waals surface area contributed by atoms with Gasteiger partial charge in [0, 0.05) is 24.6 Å². The van der Waals surface area contributed by atoms with Crippen LogP contribution in [0.1, 0.15) is 10.4 Å². The molecule has 2 aromatic rings. The summed E-state index contributed by atoms with van der Waals surface area (Å²) >= 11 is 0. The highest BCUT2D eigenvalue weighted by molar-refractivity contribution is 5.95. The molecule has 2 N–H and O–H groups in total. The van der Waals surface area contributed by atoms with Gasteiger partial charge in [0.05, 0.1) is 25.8 Å². The van der Waals surface area contributed by atoms with E-state index in [1.807, 2.05) is 24.3 Å². The highest BCUT2D eigenvalue weighted by Crippen LogP contribution is 2.17. The van der Waals surface area contributed by atoms with E-state index in [1.165, 1.54) is 7.11 Å². The van der Waals surface area contributed by atoms with Gasteiger partial charge in [-0.3, -0.25) is 4.79 Å². The Bertz CT molecular complexity index is 731. The van der Waals surface area contributed by atoms with Crippen LogP contribution in [-0.2, 0) is 14.3 Å². The third-order valence-electron chi connectivity index (χ3n) is 3.43. The van der Waals surface area contributed by atoms with Crippen LogP contribution < -0.4 is 15.4 Å². The fraction of sp³-hybridized carbons (Fsp3) is 0.263. The summed E-state index contributed by atoms with van der Waals surface area (Å²) in [7, 11) is 2.93. The maximum Gasteiger partial charge on any atom is 0.337 e. The molecule has 0 unspecified atom stereocenters. The molecule has 0 aliphatic heterocycles. The molecule has 0 radical (unpaired) electrons. The van der Waals surface area contributed by atoms with Crippen molar-refractivity contribution < 1.29 is 23.8 Å². The smallest absolute Gasteiger partial charge is 0.337 e. The topological polar surface area (TPSA) is 85.9 Å². The molecule has 2 aromatic carbocycles. The molecule has 0 heterocycles. The number of nitrogens with one attached hydrogen (secondary N) is 2. The van der Waals surface area contributed by atoms with Crippen molar-refractivity contribution in [2.45, 2.75) is 0 Å². The van der Waals surface area contributed by atoms with Crippen molar-refractivity contribution in [1.29, 1.82) is 0 Å². The van der Waals surface area contributed by atoms with Gasteiger partial charge in [-0.2, -0.15) is 0 Å². The summed E-state index contributed by atoms with van der Waals surface area (Å²) < 4.78 is 15.1. The Kier molecular flexibility index (Phi) is 7.45. The van der Waals surface area contributed by atoms with Gasteiger partial charge in [0.2, 0.25) is 5.91 Å². The van der Waals surface area contributed by atoms with Crippen LogP contribution in [0.5, 0.6) is 5.75 Å². The predicted octanol–water partition coefficient (Wildman–Crippen LogP) is 2.55. The summed E-state index contributed by atoms with van der Waals surface area (Å²) in [6.45, 7) is 1.07. The molecule has 0 fully saturated rings. The number of benzene rings is 2. The van der Waals surface area contributed by atoms with Crippen LogP contribution >= 0.6 is 0 Å². The Hall–Kier alpha value is -3.06. The summed E-state index contributed by atoms with van der Waals surface area (Å²) in [6.07, 6.45) is 0. The van der Waals surface area contributed by atoms with Crippen molar-refractivity contribution in [2.24, 2.45) is 0 Å². The number of hydrogen-bond donors (Lipinski definition) is 2. The Labute approximate surface area is 152 Å². The van der Waals surface area contributed by atoms with Crippen molar-refractivity contribution in [2.75, 3.05) is 44.6 Å². The van der Waals surface area contributed by atoms with Gasteiger partial charge in [0.25, 0.3) is 0 Å². The van der Waals surface area contributed by atoms with E-state index in [9.17, 15) is 9.59 Å². The first kappa shape index (κ1) is 19.3. The zero-order valence-corrected chi connectivity index (χ0v) is 14.8. The standard InChI is InChI=1S/C19H22N2O5/c1-24-10-11-26-17-5-3-4-16(12-17)20-13-18(22)21-15-8-6-14(7-9-15)19(23)25-2/h3-9,12,20H,10-11,13H2,1-2H3,(H,21,22). The SMILES string of the molecule is COCCOc1cccc(NCC(=O)Nc2ccc(C(=O)OC)cc2)c1. The minimum Gasteiger partial charge on any atom is -0.491 e. The minimum absolute atomic E-state index is 0.0975. The summed E-state index contributed by atoms with van der Waals surface area (Å²) in [4.78, 5) is 23.4. The van der Waals surface area contributed by atoms with E-state index in [0.717, 1.165) is 5.69 Å². The first-order chi connectivity index (χ1) is 12.6. The Morgan fingerprint density at radius 1 is 0.962 bits per heavy atom. The summed E-state index contributed by atoms with van der Waals surface area (Å²) in [5, 5.41) is 5.79. The highest BCUT2D eigenvalue weighted by atomic mass is 16.5. The predicted molar refractivity (Wildman–Crippen MR) is 98.7 cm³/mol. The van der Waals surface area contributed by atoms with Crippen LogP contribution in [0.3, 0.4) is 0 Å². The van der Waals surface area contributed by atoms with Crippen LogP contribution in [0.25, 0.3) is 0 Å². The summed E-state index contributed by atoms with van der Waals surface area (Å²) in [5.41, 5.74) is 1.80. The minimum atomic E-state index is -0.419. The molecule has 0 spiro atoms. The summed E-state index contributed by atoms with van der Waals surface area (Å²) in [6, 6.07) is 13.8. The van der Waals surface area contributed by atoms with Gasteiger partial charge in [0.15, 0.2) is 0 Å². The molecular weight excluding hydrogens is 336 g/mol. The Morgan fingerprint density at radius 2 is 1.73 bits per heavy atom. The fourth-order valence-corrected chi connectivity index (χ4v) is 2.13. The maximum absolute atomic E-state index is 12.0. The van der Waals surface area contributed by atoms with Crippen LogP contribution in [0.2, 0.25) is 0 Å². The average Bonchev–Trinajstić information content (AvgIpc) is 2.67. The second-order valence-corrected chi connectivity index (χ2v) is 5.34. The third-order valence-corrected chi connectivity index (χ3v) is 3.43. The van der Waals surface area contributed by atoms with E-state index in [0.29, 0.717) is 30.2 Å². The number of carbonyl (C=O) groups excluding carboxylic acids is 2. The number of amides is 1. The number of hydrogen-bond acceptors (Lipinski definition) is 6. The molecule has 0 aliphatic rings. The first-order valence-corrected chi connectivity index (χ1v) is 8.06. The van der Waals surface area contributed by atoms with Gasteiger partial charge in [-0.05, 0) is 36.4 Å². The lowest BCUT2D eigenvalue weighted by Crippen LogP contribution is -2.21. The Balaban J connectivity index is 1.83. The van der Waals surface area contributed by atoms with Gasteiger partial charge in [0.1, 0.15) is 12.4 Å². The molecule has 1 amide bonds. The van der Waals surface area contributed by atoms with Crippen molar-refractivity contribution >= 4 is 23.3 Å². The van der Waals surface area contributed by atoms with Crippen LogP contribution in [0.15, 0.2) is 48.5 Å². The molecule has 0 saturated heterocycles. The number of rotatable bonds is 9. The second-order valence-electron chi connectivity index (χ2n) is 5.34. The number of ether oxygens (including phenoxy) is 3. The zero-order chi connectivity index (χ0) is 18.8. The number of esters is 1. The van der Waals surface area contributed by atoms with Crippen molar-refractivity contribution in [1.82, 2.24) is 0 Å². The Morgan fingerprint density at radius 3 is 2.42 bits per heavy atom. The second kappa shape index (κ2) is 10.0. The number of anilines is 2. The largest absolute Gasteiger partial charge is 0.491 e. The third kappa shape index (κ3) is 6.10. The normalized spacial score (nSPS) is 10.1. The number of carbonyl (C=O) groups is 2. The molecule has 26 heavy (non-hydrogen) atoms. The van der Waals surface area contributed by atoms with E-state index in [2.05, 4.69) is 15.4 Å². The van der Waals surface area contributed by atoms with Gasteiger partial charge >= 0.3 is 5.97 Å². The fourth-order valence-electron chi connectivity index (χ4n) is 2.13. The van der Waals surface area contributed by atoms with Crippen molar-refractivity contribution in [3.05, 3.63) is 54.1 Å². The molecule has 0 atom stereocenters. The molecule has 0 saturated carbocycles. The first-order valence-electron chi connectivity index (χ1n) is 8.06. The van der Waals surface area contributed by atoms with Gasteiger partial charge in [-0.1, -0.05) is 6.07 Å². The van der Waals surface area contributed by atoms with E-state index < -0.39 is 5.97 Å². The quantitative estimate of drug-likeness (QED) is 0.529. The molecular formula is C19H22N2O5. The molecule has 0 aliphatic carbocycles. The van der Waals surface area contributed by atoms with Gasteiger partial charge in [-0.15, -0.1) is 0 Å². The van der Waals surface area contributed by atoms with E-state index in [-0.39, 0.29) is 12.5 Å². The molecule has 7 nitrogen and oxygen atoms in total. The monoisotopic (exact) mass is 358 g/mol. The lowest BCUT2D eigenvalue weighted by atomic mass is 10.2. The molecule has 138 valence electrons. The van der Waals surface area contributed by atoms with Crippen molar-refractivity contribution in [3.63, 3.8) is 0 Å². The average molecular weight is 358 g/mol. The van der Waals surface area contributed by atoms with E-state index in [4.69, 9.17) is 9.47 Å². The number of methoxy groups -OCH3 is 2. The van der Waals surface area contributed by atoms with Crippen LogP contribution in [-0.4, -0.2) is 45.9 Å². The lowest BCUT2D eigenvalue weighted by Gasteiger charge is -2.10. The molecule has 0 aromatic heterocycles. The van der Waals surface area contributed by atoms with Gasteiger partial charge < -0.3 is 24.8 Å². The van der Waals surface area contributed by atoms with Crippen LogP contribution in [0, 0.1) is 0 Å². The van der Waals surface area contributed by atoms with Crippen LogP contribution in [0.4, 0.5) is 11.4 Å². The lowest BCUT2D eigenvalue weighted by molar-refractivity contribution is -0.114. The molecule has 2 rings (SSSR count). The summed E-state index contributed by atoms with van der Waals surface area (Å²) in [5.74, 6) is 0.0736. The van der Waals surface area contributed by atoms with E-state index >= 15 is 0 Å². The van der Waals surface area contributed by atoms with Crippen molar-refractivity contribution in [3.8, 4) is 5.75 Å². The van der Waals surface area contributed by atoms with E-state index in [1.54, 1.807) is 31.4 Å². The highest BCUT2D eigenvalue weighted by Gasteiger charge is 2.06. The molecule has 0 bridgehead atoms.